The molecule has 2 aromatic rings. The molecule has 4 atom stereocenters. The van der Waals surface area contributed by atoms with Gasteiger partial charge in [0.1, 0.15) is 11.5 Å². The van der Waals surface area contributed by atoms with Gasteiger partial charge in [-0.25, -0.2) is 9.59 Å². The molecule has 0 saturated carbocycles. The first-order chi connectivity index (χ1) is 22.1. The summed E-state index contributed by atoms with van der Waals surface area (Å²) in [7, 11) is 11.7. The highest BCUT2D eigenvalue weighted by Crippen LogP contribution is 2.35. The van der Waals surface area contributed by atoms with Gasteiger partial charge in [-0.3, -0.25) is 0 Å². The number of carbonyl (C=O) groups excluding carboxylic acids is 2. The van der Waals surface area contributed by atoms with Crippen LogP contribution in [0.25, 0.3) is 0 Å². The number of hydrogen-bond donors (Lipinski definition) is 1. The van der Waals surface area contributed by atoms with Gasteiger partial charge in [0.2, 0.25) is 0 Å². The Morgan fingerprint density at radius 3 is 1.57 bits per heavy atom. The molecule has 51 heavy (non-hydrogen) atoms. The monoisotopic (exact) mass is 762 g/mol. The standard InChI is InChI=1S/C15H25NO2.C15H25NO.C4F6O3.2CH4.H2S/c1-6-15(17,12(2)11-16(3)4)13-8-7-9-14(10-13)18-5;1-6-15(12(2)11-16(3)4)13-8-7-9-14(10-13)17-5;5-3(6,7)1(11)13-2(12)4(8,9)10;;;/h7-10,12,17H,6,11H2,1-5H3;7-10,12,15H,6,11H2,1-5H3;;2*1H4;1H2/t2*12-,15+;;;;/m00..../s1. The van der Waals surface area contributed by atoms with E-state index in [1.807, 2.05) is 51.4 Å². The van der Waals surface area contributed by atoms with Crippen molar-refractivity contribution in [2.24, 2.45) is 11.8 Å². The van der Waals surface area contributed by atoms with Gasteiger partial charge in [-0.05, 0) is 88.3 Å². The molecule has 0 amide bonds. The van der Waals surface area contributed by atoms with Crippen molar-refractivity contribution in [1.82, 2.24) is 9.80 Å². The topological polar surface area (TPSA) is 88.5 Å². The first-order valence-corrected chi connectivity index (χ1v) is 15.3. The summed E-state index contributed by atoms with van der Waals surface area (Å²) in [5, 5.41) is 10.9. The number of carbonyl (C=O) groups is 2. The largest absolute Gasteiger partial charge is 0.497 e. The van der Waals surface area contributed by atoms with Gasteiger partial charge in [0.25, 0.3) is 0 Å². The molecule has 0 radical (unpaired) electrons. The van der Waals surface area contributed by atoms with Crippen LogP contribution >= 0.6 is 13.5 Å². The SMILES string of the molecule is C.C.CC[C@@H](c1cccc(OC)c1)[C@@H](C)CN(C)C.CC[C@](O)(c1cccc(OC)c1)[C@@H](C)CN(C)C.O=C(OC(=O)C(F)(F)F)C(F)(F)F.S. The Balaban J connectivity index is -0.000000320. The van der Waals surface area contributed by atoms with Crippen molar-refractivity contribution in [3.8, 4) is 11.5 Å². The van der Waals surface area contributed by atoms with Crippen LogP contribution in [0.3, 0.4) is 0 Å². The van der Waals surface area contributed by atoms with E-state index in [0.717, 1.165) is 30.2 Å². The van der Waals surface area contributed by atoms with Gasteiger partial charge < -0.3 is 29.1 Å². The van der Waals surface area contributed by atoms with Crippen molar-refractivity contribution in [3.05, 3.63) is 59.7 Å². The van der Waals surface area contributed by atoms with Crippen molar-refractivity contribution in [2.45, 2.75) is 79.3 Å². The maximum absolute atomic E-state index is 11.2. The highest BCUT2D eigenvalue weighted by molar-refractivity contribution is 7.59. The van der Waals surface area contributed by atoms with Crippen LogP contribution in [0.1, 0.15) is 72.4 Å². The molecule has 0 saturated heterocycles. The number of rotatable bonds is 12. The van der Waals surface area contributed by atoms with Gasteiger partial charge in [0.05, 0.1) is 19.8 Å². The number of ether oxygens (including phenoxy) is 3. The van der Waals surface area contributed by atoms with E-state index in [-0.39, 0.29) is 34.3 Å². The fourth-order valence-electron chi connectivity index (χ4n) is 5.17. The van der Waals surface area contributed by atoms with Crippen molar-refractivity contribution < 1.29 is 55.2 Å². The number of alkyl halides is 6. The molecule has 0 aliphatic heterocycles. The molecule has 0 aliphatic rings. The molecule has 2 aromatic carbocycles. The maximum atomic E-state index is 11.2. The van der Waals surface area contributed by atoms with E-state index in [1.165, 1.54) is 12.0 Å². The highest BCUT2D eigenvalue weighted by Gasteiger charge is 2.49. The van der Waals surface area contributed by atoms with E-state index in [0.29, 0.717) is 18.3 Å². The van der Waals surface area contributed by atoms with Gasteiger partial charge in [-0.2, -0.15) is 39.8 Å². The molecule has 0 fully saturated rings. The van der Waals surface area contributed by atoms with Gasteiger partial charge in [-0.15, -0.1) is 0 Å². The van der Waals surface area contributed by atoms with E-state index in [2.05, 4.69) is 67.6 Å². The Hall–Kier alpha value is -3.01. The average molecular weight is 763 g/mol. The Bertz CT molecular complexity index is 1240. The number of nitrogens with zero attached hydrogens (tertiary/aromatic N) is 2. The summed E-state index contributed by atoms with van der Waals surface area (Å²) < 4.78 is 80.2. The smallest absolute Gasteiger partial charge is 0.491 e. The van der Waals surface area contributed by atoms with E-state index in [4.69, 9.17) is 9.47 Å². The quantitative estimate of drug-likeness (QED) is 0.131. The predicted molar refractivity (Wildman–Crippen MR) is 196 cm³/mol. The number of aliphatic hydroxyl groups is 1. The lowest BCUT2D eigenvalue weighted by Gasteiger charge is -2.35. The lowest BCUT2D eigenvalue weighted by atomic mass is 9.80. The molecule has 0 bridgehead atoms. The first kappa shape index (κ1) is 54.8. The molecular weight excluding hydrogens is 702 g/mol. The third kappa shape index (κ3) is 19.4. The summed E-state index contributed by atoms with van der Waals surface area (Å²) in [5.41, 5.74) is 1.51. The normalized spacial score (nSPS) is 13.9. The number of halogens is 6. The van der Waals surface area contributed by atoms with Crippen LogP contribution in [-0.2, 0) is 19.9 Å². The molecule has 2 rings (SSSR count). The van der Waals surface area contributed by atoms with Gasteiger partial charge in [-0.1, -0.05) is 66.8 Å². The molecule has 1 N–H and O–H groups in total. The molecule has 8 nitrogen and oxygen atoms in total. The molecule has 0 aromatic heterocycles. The Morgan fingerprint density at radius 1 is 0.765 bits per heavy atom. The number of hydrogen-bond acceptors (Lipinski definition) is 8. The van der Waals surface area contributed by atoms with E-state index >= 15 is 0 Å². The van der Waals surface area contributed by atoms with Crippen molar-refractivity contribution in [3.63, 3.8) is 0 Å². The van der Waals surface area contributed by atoms with E-state index in [9.17, 15) is 41.0 Å². The van der Waals surface area contributed by atoms with Crippen molar-refractivity contribution in [2.75, 3.05) is 55.5 Å². The lowest BCUT2D eigenvalue weighted by molar-refractivity contribution is -0.221. The Kier molecular flexibility index (Phi) is 26.9. The van der Waals surface area contributed by atoms with Crippen molar-refractivity contribution in [1.29, 1.82) is 0 Å². The van der Waals surface area contributed by atoms with Crippen LogP contribution < -0.4 is 9.47 Å². The molecule has 0 spiro atoms. The Morgan fingerprint density at radius 2 is 1.20 bits per heavy atom. The van der Waals surface area contributed by atoms with Crippen molar-refractivity contribution >= 4 is 25.4 Å². The van der Waals surface area contributed by atoms with Crippen LogP contribution in [0.2, 0.25) is 0 Å². The summed E-state index contributed by atoms with van der Waals surface area (Å²) in [6.07, 6.45) is -9.39. The zero-order valence-electron chi connectivity index (χ0n) is 29.8. The van der Waals surface area contributed by atoms with Crippen LogP contribution in [0, 0.1) is 11.8 Å². The summed E-state index contributed by atoms with van der Waals surface area (Å²) in [6.45, 7) is 10.7. The molecule has 0 unspecified atom stereocenters. The molecule has 0 aliphatic carbocycles. The van der Waals surface area contributed by atoms with Crippen LogP contribution in [0.4, 0.5) is 26.3 Å². The minimum Gasteiger partial charge on any atom is -0.497 e. The van der Waals surface area contributed by atoms with Crippen LogP contribution in [-0.4, -0.2) is 94.7 Å². The maximum Gasteiger partial charge on any atom is 0.491 e. The van der Waals surface area contributed by atoms with E-state index in [1.54, 1.807) is 14.2 Å². The fourth-order valence-corrected chi connectivity index (χ4v) is 5.17. The zero-order chi connectivity index (χ0) is 37.5. The first-order valence-electron chi connectivity index (χ1n) is 15.3. The molecule has 15 heteroatoms. The van der Waals surface area contributed by atoms with Gasteiger partial charge in [0.15, 0.2) is 0 Å². The summed E-state index contributed by atoms with van der Waals surface area (Å²) >= 11 is 0. The summed E-state index contributed by atoms with van der Waals surface area (Å²) in [5.74, 6) is -3.24. The minimum atomic E-state index is -5.62. The second kappa shape index (κ2) is 25.0. The van der Waals surface area contributed by atoms with Crippen LogP contribution in [0.15, 0.2) is 48.5 Å². The Labute approximate surface area is 307 Å². The fraction of sp³-hybridized carbons (Fsp3) is 0.611. The third-order valence-electron chi connectivity index (χ3n) is 7.51. The van der Waals surface area contributed by atoms with Crippen LogP contribution in [0.5, 0.6) is 11.5 Å². The number of methoxy groups -OCH3 is 2. The zero-order valence-corrected chi connectivity index (χ0v) is 30.8. The number of esters is 2. The molecular formula is C36H60F6N2O6S. The number of benzene rings is 2. The van der Waals surface area contributed by atoms with Gasteiger partial charge in [0, 0.05) is 19.0 Å². The van der Waals surface area contributed by atoms with E-state index < -0.39 is 29.9 Å². The average Bonchev–Trinajstić information content (AvgIpc) is 3.00. The third-order valence-corrected chi connectivity index (χ3v) is 7.51. The molecule has 298 valence electrons. The predicted octanol–water partition coefficient (Wildman–Crippen LogP) is 8.44. The second-order valence-corrected chi connectivity index (χ2v) is 11.9. The van der Waals surface area contributed by atoms with Gasteiger partial charge >= 0.3 is 24.3 Å². The lowest BCUT2D eigenvalue weighted by Crippen LogP contribution is -2.38. The summed E-state index contributed by atoms with van der Waals surface area (Å²) in [6, 6.07) is 16.2. The second-order valence-electron chi connectivity index (χ2n) is 11.9. The summed E-state index contributed by atoms with van der Waals surface area (Å²) in [4.78, 5) is 23.7. The minimum absolute atomic E-state index is 0. The molecule has 0 heterocycles. The highest BCUT2D eigenvalue weighted by atomic mass is 32.1.